The maximum Gasteiger partial charge on any atom is 0.378 e. The lowest BCUT2D eigenvalue weighted by Crippen LogP contribution is -2.10. The minimum atomic E-state index is -3.02. The number of carbonyl (C=O) groups excluding carboxylic acids is 1. The van der Waals surface area contributed by atoms with E-state index in [1.54, 1.807) is 0 Å². The number of rotatable bonds is 4. The Bertz CT molecular complexity index is 496. The molecule has 0 N–H and O–H groups in total. The average Bonchev–Trinajstić information content (AvgIpc) is 2.27. The summed E-state index contributed by atoms with van der Waals surface area (Å²) in [6.07, 6.45) is -3.45. The Morgan fingerprint density at radius 1 is 1.67 bits per heavy atom. The highest BCUT2D eigenvalue weighted by molar-refractivity contribution is 9.10. The predicted octanol–water partition coefficient (Wildman–Crippen LogP) is 2.41. The zero-order valence-corrected chi connectivity index (χ0v) is 10.6. The van der Waals surface area contributed by atoms with Crippen molar-refractivity contribution in [1.29, 1.82) is 0 Å². The minimum Gasteiger partial charge on any atom is -0.469 e. The SMILES string of the molecule is COC(=O)Cc1cc(Br)c([N+](=O)[O-])nc1C(F)F. The standard InChI is InChI=1S/C9H7BrF2N2O4/c1-18-6(15)3-4-2-5(10)9(14(16)17)13-7(4)8(11)12/h2,8H,3H2,1H3. The Balaban J connectivity index is 3.29. The first kappa shape index (κ1) is 14.4. The van der Waals surface area contributed by atoms with Crippen molar-refractivity contribution in [3.05, 3.63) is 31.9 Å². The molecule has 0 aliphatic rings. The van der Waals surface area contributed by atoms with E-state index >= 15 is 0 Å². The third kappa shape index (κ3) is 3.19. The van der Waals surface area contributed by atoms with Gasteiger partial charge < -0.3 is 14.9 Å². The third-order valence-electron chi connectivity index (χ3n) is 2.01. The highest BCUT2D eigenvalue weighted by Gasteiger charge is 2.27. The lowest BCUT2D eigenvalue weighted by Gasteiger charge is -2.05. The fourth-order valence-electron chi connectivity index (χ4n) is 1.22. The molecule has 0 amide bonds. The van der Waals surface area contributed by atoms with Gasteiger partial charge in [0.2, 0.25) is 5.69 Å². The lowest BCUT2D eigenvalue weighted by molar-refractivity contribution is -0.390. The summed E-state index contributed by atoms with van der Waals surface area (Å²) in [4.78, 5) is 24.0. The molecule has 0 spiro atoms. The molecule has 6 nitrogen and oxygen atoms in total. The van der Waals surface area contributed by atoms with Crippen molar-refractivity contribution in [2.45, 2.75) is 12.8 Å². The predicted molar refractivity (Wildman–Crippen MR) is 59.3 cm³/mol. The Morgan fingerprint density at radius 2 is 2.28 bits per heavy atom. The molecule has 0 saturated carbocycles. The molecular weight excluding hydrogens is 318 g/mol. The number of hydrogen-bond donors (Lipinski definition) is 0. The van der Waals surface area contributed by atoms with Crippen molar-refractivity contribution in [3.63, 3.8) is 0 Å². The highest BCUT2D eigenvalue weighted by atomic mass is 79.9. The van der Waals surface area contributed by atoms with E-state index in [1.807, 2.05) is 0 Å². The third-order valence-corrected chi connectivity index (χ3v) is 2.60. The van der Waals surface area contributed by atoms with Crippen LogP contribution in [0, 0.1) is 10.1 Å². The van der Waals surface area contributed by atoms with Gasteiger partial charge in [0.15, 0.2) is 0 Å². The molecule has 0 aliphatic heterocycles. The summed E-state index contributed by atoms with van der Waals surface area (Å²) in [5, 5.41) is 10.6. The summed E-state index contributed by atoms with van der Waals surface area (Å²) in [5.41, 5.74) is -0.912. The highest BCUT2D eigenvalue weighted by Crippen LogP contribution is 2.30. The van der Waals surface area contributed by atoms with Crippen molar-refractivity contribution in [2.75, 3.05) is 7.11 Å². The van der Waals surface area contributed by atoms with Crippen molar-refractivity contribution in [1.82, 2.24) is 4.98 Å². The van der Waals surface area contributed by atoms with Crippen LogP contribution in [0.3, 0.4) is 0 Å². The number of nitro groups is 1. The first-order chi connectivity index (χ1) is 8.36. The normalized spacial score (nSPS) is 10.5. The summed E-state index contributed by atoms with van der Waals surface area (Å²) in [5.74, 6) is -1.46. The topological polar surface area (TPSA) is 82.3 Å². The van der Waals surface area contributed by atoms with Gasteiger partial charge in [-0.3, -0.25) is 4.79 Å². The zero-order chi connectivity index (χ0) is 13.9. The van der Waals surface area contributed by atoms with E-state index in [-0.39, 0.29) is 10.0 Å². The maximum atomic E-state index is 12.7. The van der Waals surface area contributed by atoms with Crippen LogP contribution in [0.25, 0.3) is 0 Å². The molecule has 0 fully saturated rings. The van der Waals surface area contributed by atoms with E-state index in [4.69, 9.17) is 0 Å². The quantitative estimate of drug-likeness (QED) is 0.482. The summed E-state index contributed by atoms with van der Waals surface area (Å²) in [7, 11) is 1.11. The second-order valence-electron chi connectivity index (χ2n) is 3.15. The Labute approximate surface area is 108 Å². The van der Waals surface area contributed by atoms with Gasteiger partial charge in [-0.05, 0) is 31.9 Å². The van der Waals surface area contributed by atoms with Crippen LogP contribution in [0.1, 0.15) is 17.7 Å². The number of alkyl halides is 2. The summed E-state index contributed by atoms with van der Waals surface area (Å²) < 4.78 is 29.7. The van der Waals surface area contributed by atoms with Gasteiger partial charge in [0.25, 0.3) is 0 Å². The average molecular weight is 325 g/mol. The van der Waals surface area contributed by atoms with Crippen LogP contribution in [0.15, 0.2) is 10.5 Å². The number of methoxy groups -OCH3 is 1. The van der Waals surface area contributed by atoms with Crippen molar-refractivity contribution in [3.8, 4) is 0 Å². The molecular formula is C9H7BrF2N2O4. The lowest BCUT2D eigenvalue weighted by atomic mass is 10.1. The number of nitrogens with zero attached hydrogens (tertiary/aromatic N) is 2. The van der Waals surface area contributed by atoms with Crippen LogP contribution in [0.4, 0.5) is 14.6 Å². The monoisotopic (exact) mass is 324 g/mol. The molecule has 98 valence electrons. The molecule has 0 aromatic carbocycles. The first-order valence-electron chi connectivity index (χ1n) is 4.55. The van der Waals surface area contributed by atoms with E-state index in [9.17, 15) is 23.7 Å². The first-order valence-corrected chi connectivity index (χ1v) is 5.34. The molecule has 18 heavy (non-hydrogen) atoms. The zero-order valence-electron chi connectivity index (χ0n) is 9.02. The van der Waals surface area contributed by atoms with Crippen molar-refractivity contribution >= 4 is 27.7 Å². The summed E-state index contributed by atoms with van der Waals surface area (Å²) >= 11 is 2.84. The number of pyridine rings is 1. The van der Waals surface area contributed by atoms with Gasteiger partial charge in [0, 0.05) is 5.56 Å². The van der Waals surface area contributed by atoms with Crippen LogP contribution in [-0.4, -0.2) is 23.0 Å². The van der Waals surface area contributed by atoms with Crippen molar-refractivity contribution in [2.24, 2.45) is 0 Å². The second-order valence-corrected chi connectivity index (χ2v) is 4.00. The van der Waals surface area contributed by atoms with Gasteiger partial charge in [-0.2, -0.15) is 0 Å². The maximum absolute atomic E-state index is 12.7. The Hall–Kier alpha value is -1.64. The summed E-state index contributed by atoms with van der Waals surface area (Å²) in [6.45, 7) is 0. The molecule has 0 unspecified atom stereocenters. The summed E-state index contributed by atoms with van der Waals surface area (Å²) in [6, 6.07) is 1.07. The number of carbonyl (C=O) groups is 1. The molecule has 1 heterocycles. The smallest absolute Gasteiger partial charge is 0.378 e. The van der Waals surface area contributed by atoms with Crippen LogP contribution in [-0.2, 0) is 16.0 Å². The molecule has 1 aromatic heterocycles. The van der Waals surface area contributed by atoms with Gasteiger partial charge in [0.05, 0.1) is 13.5 Å². The molecule has 0 aliphatic carbocycles. The Morgan fingerprint density at radius 3 is 2.72 bits per heavy atom. The van der Waals surface area contributed by atoms with Crippen LogP contribution in [0.5, 0.6) is 0 Å². The van der Waals surface area contributed by atoms with E-state index < -0.39 is 35.3 Å². The van der Waals surface area contributed by atoms with Crippen LogP contribution < -0.4 is 0 Å². The molecule has 0 radical (unpaired) electrons. The van der Waals surface area contributed by atoms with Crippen LogP contribution in [0.2, 0.25) is 0 Å². The molecule has 0 saturated heterocycles. The fourth-order valence-corrected chi connectivity index (χ4v) is 1.73. The second kappa shape index (κ2) is 5.80. The van der Waals surface area contributed by atoms with Crippen LogP contribution >= 0.6 is 15.9 Å². The molecule has 0 atom stereocenters. The minimum absolute atomic E-state index is 0.0733. The number of esters is 1. The number of halogens is 3. The van der Waals surface area contributed by atoms with E-state index in [1.165, 1.54) is 0 Å². The van der Waals surface area contributed by atoms with E-state index in [2.05, 4.69) is 25.7 Å². The van der Waals surface area contributed by atoms with Gasteiger partial charge in [0.1, 0.15) is 4.47 Å². The van der Waals surface area contributed by atoms with Gasteiger partial charge in [-0.15, -0.1) is 0 Å². The molecule has 9 heteroatoms. The van der Waals surface area contributed by atoms with Crippen molar-refractivity contribution < 1.29 is 23.2 Å². The van der Waals surface area contributed by atoms with E-state index in [0.717, 1.165) is 13.2 Å². The molecule has 1 aromatic rings. The van der Waals surface area contributed by atoms with E-state index in [0.29, 0.717) is 0 Å². The van der Waals surface area contributed by atoms with Gasteiger partial charge in [-0.25, -0.2) is 8.78 Å². The molecule has 1 rings (SSSR count). The van der Waals surface area contributed by atoms with Gasteiger partial charge >= 0.3 is 18.2 Å². The largest absolute Gasteiger partial charge is 0.469 e. The number of ether oxygens (including phenoxy) is 1. The Kier molecular flexibility index (Phi) is 4.65. The number of aromatic nitrogens is 1. The number of hydrogen-bond acceptors (Lipinski definition) is 5. The fraction of sp³-hybridized carbons (Fsp3) is 0.333. The van der Waals surface area contributed by atoms with Gasteiger partial charge in [-0.1, -0.05) is 0 Å². The molecule has 0 bridgehead atoms.